The van der Waals surface area contributed by atoms with Crippen molar-refractivity contribution in [1.29, 1.82) is 0 Å². The van der Waals surface area contributed by atoms with Crippen LogP contribution < -0.4 is 10.1 Å². The molecule has 0 radical (unpaired) electrons. The number of rotatable bonds is 6. The number of hydrogen-bond donors (Lipinski definition) is 1. The molecular weight excluding hydrogens is 314 g/mol. The summed E-state index contributed by atoms with van der Waals surface area (Å²) in [5.74, 6) is 0.861. The predicted molar refractivity (Wildman–Crippen MR) is 99.9 cm³/mol. The molecule has 2 amide bonds. The molecule has 1 saturated heterocycles. The van der Waals surface area contributed by atoms with Crippen LogP contribution >= 0.6 is 0 Å². The van der Waals surface area contributed by atoms with Crippen LogP contribution in [0.2, 0.25) is 0 Å². The number of ether oxygens (including phenoxy) is 1. The zero-order valence-electron chi connectivity index (χ0n) is 15.3. The number of carbonyl (C=O) groups excluding carboxylic acids is 1. The van der Waals surface area contributed by atoms with Crippen LogP contribution in [0.4, 0.5) is 4.79 Å². The van der Waals surface area contributed by atoms with Crippen LogP contribution in [0.3, 0.4) is 0 Å². The van der Waals surface area contributed by atoms with Crippen LogP contribution in [0, 0.1) is 0 Å². The Balaban J connectivity index is 1.61. The van der Waals surface area contributed by atoms with E-state index in [0.29, 0.717) is 12.6 Å². The van der Waals surface area contributed by atoms with Crippen molar-refractivity contribution in [2.75, 3.05) is 32.8 Å². The van der Waals surface area contributed by atoms with E-state index >= 15 is 0 Å². The number of likely N-dealkylation sites (tertiary alicyclic amines) is 1. The van der Waals surface area contributed by atoms with Crippen molar-refractivity contribution in [2.24, 2.45) is 0 Å². The highest BCUT2D eigenvalue weighted by Gasteiger charge is 2.31. The topological polar surface area (TPSA) is 44.8 Å². The van der Waals surface area contributed by atoms with Gasteiger partial charge in [-0.2, -0.15) is 0 Å². The van der Waals surface area contributed by atoms with E-state index < -0.39 is 0 Å². The van der Waals surface area contributed by atoms with Gasteiger partial charge >= 0.3 is 6.03 Å². The fourth-order valence-electron chi connectivity index (χ4n) is 3.71. The third-order valence-corrected chi connectivity index (χ3v) is 5.11. The second kappa shape index (κ2) is 8.39. The summed E-state index contributed by atoms with van der Waals surface area (Å²) < 4.78 is 5.73. The third kappa shape index (κ3) is 4.15. The van der Waals surface area contributed by atoms with Gasteiger partial charge in [0.15, 0.2) is 0 Å². The average molecular weight is 343 g/mol. The molecule has 1 N–H and O–H groups in total. The summed E-state index contributed by atoms with van der Waals surface area (Å²) in [5, 5.41) is 3.21. The number of benzene rings is 1. The molecular formula is C20H29N3O2. The SMILES string of the molecule is CCOc1ccccc1C(CC)NC(=O)N1CCC(N2CC=CC2)C1. The lowest BCUT2D eigenvalue weighted by atomic mass is 10.0. The predicted octanol–water partition coefficient (Wildman–Crippen LogP) is 3.19. The highest BCUT2D eigenvalue weighted by Crippen LogP contribution is 2.28. The van der Waals surface area contributed by atoms with Gasteiger partial charge in [0.1, 0.15) is 5.75 Å². The Morgan fingerprint density at radius 1 is 1.28 bits per heavy atom. The Labute approximate surface area is 150 Å². The highest BCUT2D eigenvalue weighted by atomic mass is 16.5. The quantitative estimate of drug-likeness (QED) is 0.807. The normalized spacial score (nSPS) is 21.5. The van der Waals surface area contributed by atoms with Crippen molar-refractivity contribution in [3.8, 4) is 5.75 Å². The molecule has 1 aromatic carbocycles. The van der Waals surface area contributed by atoms with E-state index in [-0.39, 0.29) is 12.1 Å². The Hall–Kier alpha value is -2.01. The molecule has 1 aromatic rings. The summed E-state index contributed by atoms with van der Waals surface area (Å²) in [7, 11) is 0. The molecule has 0 saturated carbocycles. The van der Waals surface area contributed by atoms with Gasteiger partial charge in [0, 0.05) is 37.8 Å². The maximum atomic E-state index is 12.8. The number of hydrogen-bond acceptors (Lipinski definition) is 3. The van der Waals surface area contributed by atoms with Gasteiger partial charge in [0.25, 0.3) is 0 Å². The molecule has 0 bridgehead atoms. The van der Waals surface area contributed by atoms with Gasteiger partial charge in [0.05, 0.1) is 12.6 Å². The van der Waals surface area contributed by atoms with E-state index in [0.717, 1.165) is 50.3 Å². The minimum absolute atomic E-state index is 0.0252. The van der Waals surface area contributed by atoms with Crippen molar-refractivity contribution in [3.63, 3.8) is 0 Å². The van der Waals surface area contributed by atoms with E-state index in [1.54, 1.807) is 0 Å². The summed E-state index contributed by atoms with van der Waals surface area (Å²) in [4.78, 5) is 17.2. The fourth-order valence-corrected chi connectivity index (χ4v) is 3.71. The van der Waals surface area contributed by atoms with Gasteiger partial charge < -0.3 is 15.0 Å². The monoisotopic (exact) mass is 343 g/mol. The first-order chi connectivity index (χ1) is 12.2. The summed E-state index contributed by atoms with van der Waals surface area (Å²) in [6.07, 6.45) is 6.31. The highest BCUT2D eigenvalue weighted by molar-refractivity contribution is 5.75. The molecule has 2 aliphatic rings. The van der Waals surface area contributed by atoms with Crippen LogP contribution in [0.1, 0.15) is 38.3 Å². The fraction of sp³-hybridized carbons (Fsp3) is 0.550. The van der Waals surface area contributed by atoms with Crippen LogP contribution in [0.25, 0.3) is 0 Å². The summed E-state index contributed by atoms with van der Waals surface area (Å²) in [6.45, 7) is 8.37. The summed E-state index contributed by atoms with van der Waals surface area (Å²) in [6, 6.07) is 8.48. The van der Waals surface area contributed by atoms with E-state index in [9.17, 15) is 4.79 Å². The third-order valence-electron chi connectivity index (χ3n) is 5.11. The first-order valence-corrected chi connectivity index (χ1v) is 9.39. The van der Waals surface area contributed by atoms with Crippen LogP contribution in [0.5, 0.6) is 5.75 Å². The van der Waals surface area contributed by atoms with Gasteiger partial charge in [-0.1, -0.05) is 37.3 Å². The smallest absolute Gasteiger partial charge is 0.317 e. The molecule has 2 atom stereocenters. The minimum atomic E-state index is -0.0252. The molecule has 0 aromatic heterocycles. The molecule has 136 valence electrons. The van der Waals surface area contributed by atoms with Gasteiger partial charge in [-0.3, -0.25) is 4.90 Å². The maximum absolute atomic E-state index is 12.8. The lowest BCUT2D eigenvalue weighted by molar-refractivity contribution is 0.195. The molecule has 2 heterocycles. The molecule has 2 aliphatic heterocycles. The summed E-state index contributed by atoms with van der Waals surface area (Å²) in [5.41, 5.74) is 1.06. The van der Waals surface area contributed by atoms with Crippen molar-refractivity contribution in [1.82, 2.24) is 15.1 Å². The minimum Gasteiger partial charge on any atom is -0.494 e. The number of nitrogens with one attached hydrogen (secondary N) is 1. The lowest BCUT2D eigenvalue weighted by Gasteiger charge is -2.26. The Bertz CT molecular complexity index is 609. The molecule has 0 aliphatic carbocycles. The van der Waals surface area contributed by atoms with Crippen molar-refractivity contribution in [2.45, 2.75) is 38.8 Å². The van der Waals surface area contributed by atoms with E-state index in [2.05, 4.69) is 29.3 Å². The Kier molecular flexibility index (Phi) is 5.97. The number of carbonyl (C=O) groups is 1. The average Bonchev–Trinajstić information content (AvgIpc) is 3.31. The first-order valence-electron chi connectivity index (χ1n) is 9.39. The second-order valence-corrected chi connectivity index (χ2v) is 6.69. The second-order valence-electron chi connectivity index (χ2n) is 6.69. The molecule has 5 heteroatoms. The molecule has 5 nitrogen and oxygen atoms in total. The Morgan fingerprint density at radius 2 is 2.04 bits per heavy atom. The molecule has 25 heavy (non-hydrogen) atoms. The number of amides is 2. The van der Waals surface area contributed by atoms with Crippen molar-refractivity contribution in [3.05, 3.63) is 42.0 Å². The van der Waals surface area contributed by atoms with Crippen molar-refractivity contribution < 1.29 is 9.53 Å². The zero-order valence-corrected chi connectivity index (χ0v) is 15.3. The number of para-hydroxylation sites is 1. The van der Waals surface area contributed by atoms with Gasteiger partial charge in [-0.15, -0.1) is 0 Å². The van der Waals surface area contributed by atoms with E-state index in [4.69, 9.17) is 4.74 Å². The van der Waals surface area contributed by atoms with E-state index in [1.165, 1.54) is 0 Å². The van der Waals surface area contributed by atoms with Crippen LogP contribution in [-0.4, -0.2) is 54.7 Å². The molecule has 3 rings (SSSR count). The van der Waals surface area contributed by atoms with Crippen LogP contribution in [-0.2, 0) is 0 Å². The zero-order chi connectivity index (χ0) is 17.6. The van der Waals surface area contributed by atoms with E-state index in [1.807, 2.05) is 36.1 Å². The maximum Gasteiger partial charge on any atom is 0.317 e. The largest absolute Gasteiger partial charge is 0.494 e. The van der Waals surface area contributed by atoms with Gasteiger partial charge in [-0.05, 0) is 25.8 Å². The standard InChI is InChI=1S/C20H29N3O2/c1-3-18(17-9-5-6-10-19(17)25-4-2)21-20(24)23-14-11-16(15-23)22-12-7-8-13-22/h5-10,16,18H,3-4,11-15H2,1-2H3,(H,21,24). The molecule has 2 unspecified atom stereocenters. The van der Waals surface area contributed by atoms with Gasteiger partial charge in [0.2, 0.25) is 0 Å². The lowest BCUT2D eigenvalue weighted by Crippen LogP contribution is -2.42. The molecule has 1 fully saturated rings. The molecule has 0 spiro atoms. The first kappa shape index (κ1) is 17.8. The van der Waals surface area contributed by atoms with Gasteiger partial charge in [-0.25, -0.2) is 4.79 Å². The Morgan fingerprint density at radius 3 is 2.76 bits per heavy atom. The number of nitrogens with zero attached hydrogens (tertiary/aromatic N) is 2. The van der Waals surface area contributed by atoms with Crippen LogP contribution in [0.15, 0.2) is 36.4 Å². The number of urea groups is 1. The summed E-state index contributed by atoms with van der Waals surface area (Å²) >= 11 is 0. The van der Waals surface area contributed by atoms with Crippen molar-refractivity contribution >= 4 is 6.03 Å².